The predicted molar refractivity (Wildman–Crippen MR) is 109 cm³/mol. The average Bonchev–Trinajstić information content (AvgIpc) is 3.35. The molecule has 136 valence electrons. The van der Waals surface area contributed by atoms with Crippen LogP contribution < -0.4 is 10.6 Å². The van der Waals surface area contributed by atoms with Crippen molar-refractivity contribution in [1.82, 2.24) is 19.9 Å². The Morgan fingerprint density at radius 1 is 1.19 bits per heavy atom. The zero-order chi connectivity index (χ0) is 18.6. The molecule has 0 bridgehead atoms. The van der Waals surface area contributed by atoms with Crippen molar-refractivity contribution < 1.29 is 4.79 Å². The zero-order valence-electron chi connectivity index (χ0n) is 14.8. The maximum absolute atomic E-state index is 12.1. The monoisotopic (exact) mass is 377 g/mol. The summed E-state index contributed by atoms with van der Waals surface area (Å²) >= 11 is 1.53. The van der Waals surface area contributed by atoms with Crippen LogP contribution in [0.1, 0.15) is 23.7 Å². The summed E-state index contributed by atoms with van der Waals surface area (Å²) in [5, 5.41) is 7.03. The molecule has 0 spiro atoms. The van der Waals surface area contributed by atoms with Gasteiger partial charge in [0.15, 0.2) is 5.13 Å². The van der Waals surface area contributed by atoms with E-state index in [9.17, 15) is 4.79 Å². The molecule has 2 aromatic heterocycles. The van der Waals surface area contributed by atoms with Crippen LogP contribution in [0.5, 0.6) is 0 Å². The Morgan fingerprint density at radius 2 is 2.04 bits per heavy atom. The molecule has 0 aliphatic carbocycles. The summed E-state index contributed by atoms with van der Waals surface area (Å²) in [5.41, 5.74) is 3.55. The lowest BCUT2D eigenvalue weighted by atomic mass is 10.2. The van der Waals surface area contributed by atoms with Crippen LogP contribution in [0.2, 0.25) is 0 Å². The molecular weight excluding hydrogens is 358 g/mol. The molecule has 7 heteroatoms. The molecule has 2 aromatic carbocycles. The number of nitrogens with one attached hydrogen (secondary N) is 2. The second-order valence-corrected chi connectivity index (χ2v) is 7.13. The second kappa shape index (κ2) is 7.59. The molecule has 4 aromatic rings. The average molecular weight is 377 g/mol. The van der Waals surface area contributed by atoms with Gasteiger partial charge in [0.2, 0.25) is 0 Å². The van der Waals surface area contributed by atoms with E-state index in [2.05, 4.69) is 20.6 Å². The highest BCUT2D eigenvalue weighted by atomic mass is 32.1. The van der Waals surface area contributed by atoms with Crippen molar-refractivity contribution in [3.63, 3.8) is 0 Å². The molecular formula is C20H19N5OS. The van der Waals surface area contributed by atoms with Crippen molar-refractivity contribution in [2.75, 3.05) is 11.9 Å². The van der Waals surface area contributed by atoms with Crippen molar-refractivity contribution in [2.45, 2.75) is 13.3 Å². The highest BCUT2D eigenvalue weighted by molar-refractivity contribution is 7.22. The van der Waals surface area contributed by atoms with E-state index in [0.717, 1.165) is 33.1 Å². The molecule has 1 amide bonds. The molecule has 0 unspecified atom stereocenters. The molecule has 0 fully saturated rings. The van der Waals surface area contributed by atoms with Crippen LogP contribution >= 0.6 is 11.3 Å². The van der Waals surface area contributed by atoms with E-state index in [-0.39, 0.29) is 5.91 Å². The number of amides is 1. The molecule has 0 aliphatic heterocycles. The molecule has 6 nitrogen and oxygen atoms in total. The number of hydrogen-bond acceptors (Lipinski definition) is 5. The fraction of sp³-hybridized carbons (Fsp3) is 0.150. The Balaban J connectivity index is 1.51. The van der Waals surface area contributed by atoms with Gasteiger partial charge >= 0.3 is 0 Å². The fourth-order valence-electron chi connectivity index (χ4n) is 2.71. The molecule has 2 N–H and O–H groups in total. The number of thiazole rings is 1. The van der Waals surface area contributed by atoms with E-state index in [4.69, 9.17) is 0 Å². The second-order valence-electron chi connectivity index (χ2n) is 6.10. The topological polar surface area (TPSA) is 71.8 Å². The van der Waals surface area contributed by atoms with Gasteiger partial charge in [-0.05, 0) is 48.9 Å². The first-order valence-electron chi connectivity index (χ1n) is 8.77. The van der Waals surface area contributed by atoms with Gasteiger partial charge in [0.05, 0.1) is 16.5 Å². The number of aromatic nitrogens is 3. The van der Waals surface area contributed by atoms with E-state index in [1.54, 1.807) is 12.5 Å². The summed E-state index contributed by atoms with van der Waals surface area (Å²) in [6, 6.07) is 13.7. The molecule has 0 saturated carbocycles. The minimum atomic E-state index is -0.0447. The number of hydrogen-bond donors (Lipinski definition) is 2. The Kier molecular flexibility index (Phi) is 4.84. The van der Waals surface area contributed by atoms with Crippen molar-refractivity contribution in [1.29, 1.82) is 0 Å². The quantitative estimate of drug-likeness (QED) is 0.523. The highest BCUT2D eigenvalue weighted by Gasteiger charge is 2.09. The van der Waals surface area contributed by atoms with Crippen LogP contribution in [0.15, 0.2) is 61.2 Å². The van der Waals surface area contributed by atoms with Crippen LogP contribution in [0.25, 0.3) is 15.9 Å². The van der Waals surface area contributed by atoms with Gasteiger partial charge in [-0.3, -0.25) is 4.79 Å². The Labute approximate surface area is 160 Å². The van der Waals surface area contributed by atoms with Gasteiger partial charge in [-0.2, -0.15) is 0 Å². The smallest absolute Gasteiger partial charge is 0.251 e. The van der Waals surface area contributed by atoms with E-state index in [1.165, 1.54) is 11.3 Å². The van der Waals surface area contributed by atoms with Crippen LogP contribution in [-0.2, 0) is 0 Å². The largest absolute Gasteiger partial charge is 0.352 e. The van der Waals surface area contributed by atoms with Crippen LogP contribution in [0, 0.1) is 0 Å². The number of benzene rings is 2. The lowest BCUT2D eigenvalue weighted by molar-refractivity contribution is 0.0954. The van der Waals surface area contributed by atoms with Gasteiger partial charge in [-0.1, -0.05) is 18.3 Å². The normalized spacial score (nSPS) is 10.9. The van der Waals surface area contributed by atoms with E-state index < -0.39 is 0 Å². The molecule has 27 heavy (non-hydrogen) atoms. The first kappa shape index (κ1) is 17.2. The maximum atomic E-state index is 12.1. The van der Waals surface area contributed by atoms with Crippen LogP contribution in [-0.4, -0.2) is 27.0 Å². The van der Waals surface area contributed by atoms with Gasteiger partial charge in [-0.25, -0.2) is 9.97 Å². The molecule has 0 atom stereocenters. The van der Waals surface area contributed by atoms with Gasteiger partial charge in [0.25, 0.3) is 5.91 Å². The number of imidazole rings is 1. The number of rotatable bonds is 6. The van der Waals surface area contributed by atoms with Gasteiger partial charge in [0.1, 0.15) is 0 Å². The van der Waals surface area contributed by atoms with Crippen molar-refractivity contribution in [3.05, 3.63) is 66.7 Å². The summed E-state index contributed by atoms with van der Waals surface area (Å²) in [4.78, 5) is 20.8. The Morgan fingerprint density at radius 3 is 2.78 bits per heavy atom. The third-order valence-electron chi connectivity index (χ3n) is 4.11. The van der Waals surface area contributed by atoms with Crippen molar-refractivity contribution in [3.8, 4) is 5.69 Å². The molecule has 0 radical (unpaired) electrons. The SMILES string of the molecule is CCCNC(=O)c1ccc2nc(Nc3ccc(-n4ccnc4)cc3)sc2c1. The van der Waals surface area contributed by atoms with Crippen LogP contribution in [0.3, 0.4) is 0 Å². The fourth-order valence-corrected chi connectivity index (χ4v) is 3.64. The first-order valence-corrected chi connectivity index (χ1v) is 9.59. The number of anilines is 2. The highest BCUT2D eigenvalue weighted by Crippen LogP contribution is 2.29. The first-order chi connectivity index (χ1) is 13.2. The zero-order valence-corrected chi connectivity index (χ0v) is 15.7. The minimum Gasteiger partial charge on any atom is -0.352 e. The molecule has 2 heterocycles. The van der Waals surface area contributed by atoms with E-state index in [1.807, 2.05) is 60.2 Å². The Bertz CT molecular complexity index is 1050. The van der Waals surface area contributed by atoms with Crippen LogP contribution in [0.4, 0.5) is 10.8 Å². The summed E-state index contributed by atoms with van der Waals surface area (Å²) in [6.45, 7) is 2.72. The predicted octanol–water partition coefficient (Wildman–Crippen LogP) is 4.37. The number of carbonyl (C=O) groups is 1. The molecule has 0 aliphatic rings. The van der Waals surface area contributed by atoms with Gasteiger partial charge in [-0.15, -0.1) is 0 Å². The van der Waals surface area contributed by atoms with Crippen molar-refractivity contribution >= 4 is 38.3 Å². The lowest BCUT2D eigenvalue weighted by Gasteiger charge is -2.05. The number of fused-ring (bicyclic) bond motifs is 1. The summed E-state index contributed by atoms with van der Waals surface area (Å²) in [6.07, 6.45) is 6.35. The third kappa shape index (κ3) is 3.83. The standard InChI is InChI=1S/C20H19N5OS/c1-2-9-22-19(26)14-3-8-17-18(12-14)27-20(24-17)23-15-4-6-16(7-5-15)25-11-10-21-13-25/h3-8,10-13H,2,9H2,1H3,(H,22,26)(H,23,24). The van der Waals surface area contributed by atoms with Crippen molar-refractivity contribution in [2.24, 2.45) is 0 Å². The number of carbonyl (C=O) groups excluding carboxylic acids is 1. The lowest BCUT2D eigenvalue weighted by Crippen LogP contribution is -2.23. The minimum absolute atomic E-state index is 0.0447. The molecule has 0 saturated heterocycles. The van der Waals surface area contributed by atoms with Gasteiger partial charge in [0, 0.05) is 35.9 Å². The maximum Gasteiger partial charge on any atom is 0.251 e. The summed E-state index contributed by atoms with van der Waals surface area (Å²) < 4.78 is 2.93. The molecule has 4 rings (SSSR count). The summed E-state index contributed by atoms with van der Waals surface area (Å²) in [5.74, 6) is -0.0447. The number of nitrogens with zero attached hydrogens (tertiary/aromatic N) is 3. The Hall–Kier alpha value is -3.19. The van der Waals surface area contributed by atoms with E-state index >= 15 is 0 Å². The van der Waals surface area contributed by atoms with E-state index in [0.29, 0.717) is 12.1 Å². The third-order valence-corrected chi connectivity index (χ3v) is 5.04. The summed E-state index contributed by atoms with van der Waals surface area (Å²) in [7, 11) is 0. The van der Waals surface area contributed by atoms with Gasteiger partial charge < -0.3 is 15.2 Å².